The van der Waals surface area contributed by atoms with Gasteiger partial charge in [-0.1, -0.05) is 6.07 Å². The summed E-state index contributed by atoms with van der Waals surface area (Å²) in [5.41, 5.74) is 6.78. The molecule has 0 aliphatic carbocycles. The van der Waals surface area contributed by atoms with E-state index in [0.717, 1.165) is 5.56 Å². The topological polar surface area (TPSA) is 62.7 Å². The van der Waals surface area contributed by atoms with Gasteiger partial charge in [-0.05, 0) is 18.1 Å². The van der Waals surface area contributed by atoms with E-state index in [1.54, 1.807) is 12.4 Å². The van der Waals surface area contributed by atoms with Crippen molar-refractivity contribution in [2.24, 2.45) is 5.73 Å². The smallest absolute Gasteiger partial charge is 0.0622 e. The number of hydrogen-bond acceptors (Lipinski definition) is 3. The molecule has 1 heterocycles. The molecule has 62 valence electrons. The Kier molecular flexibility index (Phi) is 3.24. The van der Waals surface area contributed by atoms with E-state index in [9.17, 15) is 0 Å². The number of aromatic nitrogens is 1. The largest absolute Gasteiger partial charge is 0.324 e. The van der Waals surface area contributed by atoms with E-state index in [2.05, 4.69) is 11.1 Å². The minimum absolute atomic E-state index is 0.0571. The molecule has 0 saturated heterocycles. The third kappa shape index (κ3) is 2.33. The van der Waals surface area contributed by atoms with Gasteiger partial charge in [0.05, 0.1) is 6.07 Å². The van der Waals surface area contributed by atoms with Crippen molar-refractivity contribution in [3.05, 3.63) is 30.1 Å². The SMILES string of the molecule is N#CCCC(N)c1cccnc1. The number of nitrogens with two attached hydrogens (primary N) is 1. The Hall–Kier alpha value is -1.40. The highest BCUT2D eigenvalue weighted by Gasteiger charge is 2.03. The molecule has 0 aromatic carbocycles. The molecule has 0 bridgehead atoms. The van der Waals surface area contributed by atoms with Crippen LogP contribution in [0.1, 0.15) is 24.4 Å². The molecule has 1 rings (SSSR count). The van der Waals surface area contributed by atoms with Crippen LogP contribution in [-0.4, -0.2) is 4.98 Å². The number of rotatable bonds is 3. The van der Waals surface area contributed by atoms with E-state index in [4.69, 9.17) is 11.0 Å². The third-order valence-electron chi connectivity index (χ3n) is 1.68. The van der Waals surface area contributed by atoms with Crippen molar-refractivity contribution in [1.29, 1.82) is 5.26 Å². The maximum absolute atomic E-state index is 8.34. The number of nitrogens with zero attached hydrogens (tertiary/aromatic N) is 2. The molecule has 0 aliphatic heterocycles. The van der Waals surface area contributed by atoms with Gasteiger partial charge in [-0.15, -0.1) is 0 Å². The van der Waals surface area contributed by atoms with Gasteiger partial charge >= 0.3 is 0 Å². The van der Waals surface area contributed by atoms with Crippen LogP contribution in [0.4, 0.5) is 0 Å². The van der Waals surface area contributed by atoms with Gasteiger partial charge < -0.3 is 5.73 Å². The summed E-state index contributed by atoms with van der Waals surface area (Å²) < 4.78 is 0. The zero-order chi connectivity index (χ0) is 8.81. The van der Waals surface area contributed by atoms with Crippen LogP contribution in [0.25, 0.3) is 0 Å². The Labute approximate surface area is 71.8 Å². The Morgan fingerprint density at radius 3 is 3.08 bits per heavy atom. The monoisotopic (exact) mass is 161 g/mol. The Morgan fingerprint density at radius 2 is 2.50 bits per heavy atom. The second kappa shape index (κ2) is 4.47. The first-order valence-corrected chi connectivity index (χ1v) is 3.87. The molecule has 1 aromatic heterocycles. The molecule has 1 unspecified atom stereocenters. The van der Waals surface area contributed by atoms with Gasteiger partial charge in [0.25, 0.3) is 0 Å². The minimum atomic E-state index is -0.0571. The van der Waals surface area contributed by atoms with Gasteiger partial charge in [0.2, 0.25) is 0 Å². The Bertz CT molecular complexity index is 263. The molecule has 0 fully saturated rings. The lowest BCUT2D eigenvalue weighted by atomic mass is 10.1. The normalized spacial score (nSPS) is 12.0. The fraction of sp³-hybridized carbons (Fsp3) is 0.333. The van der Waals surface area contributed by atoms with Gasteiger partial charge in [-0.25, -0.2) is 0 Å². The molecule has 0 saturated carbocycles. The lowest BCUT2D eigenvalue weighted by Crippen LogP contribution is -2.09. The van der Waals surface area contributed by atoms with Crippen molar-refractivity contribution in [2.75, 3.05) is 0 Å². The summed E-state index contributed by atoms with van der Waals surface area (Å²) in [6, 6.07) is 5.79. The van der Waals surface area contributed by atoms with Crippen molar-refractivity contribution < 1.29 is 0 Å². The van der Waals surface area contributed by atoms with E-state index in [0.29, 0.717) is 12.8 Å². The van der Waals surface area contributed by atoms with Crippen LogP contribution in [0.3, 0.4) is 0 Å². The predicted molar refractivity (Wildman–Crippen MR) is 46.0 cm³/mol. The molecular weight excluding hydrogens is 150 g/mol. The van der Waals surface area contributed by atoms with E-state index < -0.39 is 0 Å². The van der Waals surface area contributed by atoms with Gasteiger partial charge in [-0.3, -0.25) is 4.98 Å². The summed E-state index contributed by atoms with van der Waals surface area (Å²) in [6.45, 7) is 0. The average molecular weight is 161 g/mol. The van der Waals surface area contributed by atoms with Gasteiger partial charge in [-0.2, -0.15) is 5.26 Å². The molecule has 3 heteroatoms. The predicted octanol–water partition coefficient (Wildman–Crippen LogP) is 1.39. The Balaban J connectivity index is 2.55. The summed E-state index contributed by atoms with van der Waals surface area (Å²) >= 11 is 0. The molecular formula is C9H11N3. The fourth-order valence-corrected chi connectivity index (χ4v) is 0.982. The zero-order valence-corrected chi connectivity index (χ0v) is 6.77. The van der Waals surface area contributed by atoms with Crippen molar-refractivity contribution >= 4 is 0 Å². The van der Waals surface area contributed by atoms with Crippen molar-refractivity contribution in [2.45, 2.75) is 18.9 Å². The molecule has 3 nitrogen and oxygen atoms in total. The van der Waals surface area contributed by atoms with Crippen LogP contribution in [0, 0.1) is 11.3 Å². The maximum atomic E-state index is 8.34. The average Bonchev–Trinajstić information content (AvgIpc) is 2.15. The van der Waals surface area contributed by atoms with Crippen molar-refractivity contribution in [1.82, 2.24) is 4.98 Å². The summed E-state index contributed by atoms with van der Waals surface area (Å²) in [5.74, 6) is 0. The quantitative estimate of drug-likeness (QED) is 0.728. The van der Waals surface area contributed by atoms with Crippen LogP contribution in [0.15, 0.2) is 24.5 Å². The zero-order valence-electron chi connectivity index (χ0n) is 6.77. The van der Waals surface area contributed by atoms with Crippen LogP contribution in [-0.2, 0) is 0 Å². The first-order chi connectivity index (χ1) is 5.84. The molecule has 1 atom stereocenters. The summed E-state index contributed by atoms with van der Waals surface area (Å²) in [6.07, 6.45) is 4.64. The van der Waals surface area contributed by atoms with Crippen molar-refractivity contribution in [3.63, 3.8) is 0 Å². The lowest BCUT2D eigenvalue weighted by Gasteiger charge is -2.07. The molecule has 12 heavy (non-hydrogen) atoms. The van der Waals surface area contributed by atoms with E-state index in [1.165, 1.54) is 0 Å². The molecule has 0 radical (unpaired) electrons. The standard InChI is InChI=1S/C9H11N3/c10-5-1-4-9(11)8-3-2-6-12-7-8/h2-3,6-7,9H,1,4,11H2. The highest BCUT2D eigenvalue weighted by molar-refractivity contribution is 5.13. The first-order valence-electron chi connectivity index (χ1n) is 3.87. The minimum Gasteiger partial charge on any atom is -0.324 e. The molecule has 0 aliphatic rings. The summed E-state index contributed by atoms with van der Waals surface area (Å²) in [4.78, 5) is 3.95. The molecule has 1 aromatic rings. The molecule has 0 spiro atoms. The lowest BCUT2D eigenvalue weighted by molar-refractivity contribution is 0.662. The van der Waals surface area contributed by atoms with Crippen LogP contribution in [0.2, 0.25) is 0 Å². The highest BCUT2D eigenvalue weighted by atomic mass is 14.7. The van der Waals surface area contributed by atoms with Gasteiger partial charge in [0.1, 0.15) is 0 Å². The number of pyridine rings is 1. The second-order valence-electron chi connectivity index (χ2n) is 2.59. The third-order valence-corrected chi connectivity index (χ3v) is 1.68. The molecule has 0 amide bonds. The van der Waals surface area contributed by atoms with Gasteiger partial charge in [0, 0.05) is 24.9 Å². The van der Waals surface area contributed by atoms with E-state index in [1.807, 2.05) is 12.1 Å². The van der Waals surface area contributed by atoms with Crippen LogP contribution >= 0.6 is 0 Å². The van der Waals surface area contributed by atoms with Crippen molar-refractivity contribution in [3.8, 4) is 6.07 Å². The van der Waals surface area contributed by atoms with Gasteiger partial charge in [0.15, 0.2) is 0 Å². The maximum Gasteiger partial charge on any atom is 0.0622 e. The highest BCUT2D eigenvalue weighted by Crippen LogP contribution is 2.12. The molecule has 2 N–H and O–H groups in total. The summed E-state index contributed by atoms with van der Waals surface area (Å²) in [7, 11) is 0. The fourth-order valence-electron chi connectivity index (χ4n) is 0.982. The summed E-state index contributed by atoms with van der Waals surface area (Å²) in [5, 5.41) is 8.34. The van der Waals surface area contributed by atoms with Crippen LogP contribution in [0.5, 0.6) is 0 Å². The number of hydrogen-bond donors (Lipinski definition) is 1. The number of nitriles is 1. The van der Waals surface area contributed by atoms with Crippen LogP contribution < -0.4 is 5.73 Å². The Morgan fingerprint density at radius 1 is 1.67 bits per heavy atom. The first kappa shape index (κ1) is 8.69. The van der Waals surface area contributed by atoms with E-state index in [-0.39, 0.29) is 6.04 Å². The second-order valence-corrected chi connectivity index (χ2v) is 2.59. The van der Waals surface area contributed by atoms with E-state index >= 15 is 0 Å².